The average molecular weight is 555 g/mol. The molecule has 9 nitrogen and oxygen atoms in total. The second-order valence-corrected chi connectivity index (χ2v) is 13.1. The van der Waals surface area contributed by atoms with E-state index < -0.39 is 16.1 Å². The first-order chi connectivity index (χ1) is 17.3. The number of hydrogen-bond acceptors (Lipinski definition) is 7. The molecule has 36 heavy (non-hydrogen) atoms. The number of halogens is 1. The molecule has 0 saturated carbocycles. The zero-order chi connectivity index (χ0) is 25.3. The fourth-order valence-electron chi connectivity index (χ4n) is 5.31. The number of piperidine rings is 1. The molecule has 1 aromatic carbocycles. The highest BCUT2D eigenvalue weighted by Crippen LogP contribution is 2.31. The van der Waals surface area contributed by atoms with Crippen LogP contribution in [0.4, 0.5) is 0 Å². The number of nitrogens with one attached hydrogen (secondary N) is 1. The van der Waals surface area contributed by atoms with Gasteiger partial charge in [-0.25, -0.2) is 8.42 Å². The fraction of sp³-hybridized carbons (Fsp3) is 0.583. The molecule has 5 rings (SSSR count). The molecule has 2 atom stereocenters. The largest absolute Gasteiger partial charge is 0.379 e. The second kappa shape index (κ2) is 10.9. The SMILES string of the molecule is O=C1C(NS(=O)(=O)c2ccc3sc(Cl)cc3c2)CCCN1CC(=O)N1CCCC1CN1CCOCC1. The molecule has 2 unspecified atom stereocenters. The third-order valence-electron chi connectivity index (χ3n) is 7.19. The van der Waals surface area contributed by atoms with Crippen molar-refractivity contribution in [1.82, 2.24) is 19.4 Å². The summed E-state index contributed by atoms with van der Waals surface area (Å²) in [6.45, 7) is 5.13. The first-order valence-electron chi connectivity index (χ1n) is 12.4. The van der Waals surface area contributed by atoms with E-state index in [0.717, 1.165) is 55.8 Å². The van der Waals surface area contributed by atoms with Crippen LogP contribution >= 0.6 is 22.9 Å². The average Bonchev–Trinajstić information content (AvgIpc) is 3.47. The van der Waals surface area contributed by atoms with Gasteiger partial charge in [-0.2, -0.15) is 4.72 Å². The van der Waals surface area contributed by atoms with Gasteiger partial charge in [0.15, 0.2) is 0 Å². The summed E-state index contributed by atoms with van der Waals surface area (Å²) in [7, 11) is -3.91. The lowest BCUT2D eigenvalue weighted by Crippen LogP contribution is -2.55. The van der Waals surface area contributed by atoms with Gasteiger partial charge in [-0.05, 0) is 55.3 Å². The molecular weight excluding hydrogens is 524 g/mol. The van der Waals surface area contributed by atoms with Crippen molar-refractivity contribution in [1.29, 1.82) is 0 Å². The van der Waals surface area contributed by atoms with Crippen LogP contribution in [0.15, 0.2) is 29.2 Å². The number of nitrogens with zero attached hydrogens (tertiary/aromatic N) is 3. The molecule has 3 fully saturated rings. The van der Waals surface area contributed by atoms with Crippen LogP contribution in [0.3, 0.4) is 0 Å². The van der Waals surface area contributed by atoms with Gasteiger partial charge in [-0.15, -0.1) is 11.3 Å². The summed E-state index contributed by atoms with van der Waals surface area (Å²) in [5, 5.41) is 0.743. The summed E-state index contributed by atoms with van der Waals surface area (Å²) in [4.78, 5) is 32.2. The first kappa shape index (κ1) is 25.9. The Bertz CT molecular complexity index is 1230. The Hall–Kier alpha value is -1.76. The maximum absolute atomic E-state index is 13.2. The van der Waals surface area contributed by atoms with Gasteiger partial charge in [0.2, 0.25) is 21.8 Å². The number of benzene rings is 1. The highest BCUT2D eigenvalue weighted by molar-refractivity contribution is 7.89. The topological polar surface area (TPSA) is 99.3 Å². The summed E-state index contributed by atoms with van der Waals surface area (Å²) in [5.41, 5.74) is 0. The van der Waals surface area contributed by atoms with E-state index in [1.54, 1.807) is 18.2 Å². The predicted octanol–water partition coefficient (Wildman–Crippen LogP) is 2.15. The Labute approximate surface area is 220 Å². The van der Waals surface area contributed by atoms with Gasteiger partial charge in [0.05, 0.1) is 29.0 Å². The number of sulfonamides is 1. The molecule has 0 bridgehead atoms. The van der Waals surface area contributed by atoms with E-state index >= 15 is 0 Å². The highest BCUT2D eigenvalue weighted by atomic mass is 35.5. The molecule has 4 heterocycles. The van der Waals surface area contributed by atoms with E-state index in [4.69, 9.17) is 16.3 Å². The third kappa shape index (κ3) is 5.71. The summed E-state index contributed by atoms with van der Waals surface area (Å²) in [6.07, 6.45) is 2.94. The smallest absolute Gasteiger partial charge is 0.242 e. The number of thiophene rings is 1. The van der Waals surface area contributed by atoms with E-state index in [1.165, 1.54) is 22.3 Å². The molecule has 2 aromatic rings. The van der Waals surface area contributed by atoms with Crippen molar-refractivity contribution in [2.45, 2.75) is 42.7 Å². The minimum Gasteiger partial charge on any atom is -0.379 e. The third-order valence-corrected chi connectivity index (χ3v) is 9.91. The van der Waals surface area contributed by atoms with Gasteiger partial charge in [0.25, 0.3) is 0 Å². The molecule has 3 aliphatic rings. The predicted molar refractivity (Wildman–Crippen MR) is 139 cm³/mol. The lowest BCUT2D eigenvalue weighted by molar-refractivity contribution is -0.143. The van der Waals surface area contributed by atoms with Crippen molar-refractivity contribution < 1.29 is 22.7 Å². The minimum absolute atomic E-state index is 0.0178. The number of hydrogen-bond donors (Lipinski definition) is 1. The zero-order valence-electron chi connectivity index (χ0n) is 20.0. The number of likely N-dealkylation sites (tertiary alicyclic amines) is 2. The Morgan fingerprint density at radius 3 is 2.69 bits per heavy atom. The lowest BCUT2D eigenvalue weighted by atomic mass is 10.1. The van der Waals surface area contributed by atoms with Crippen LogP contribution in [-0.2, 0) is 24.3 Å². The summed E-state index contributed by atoms with van der Waals surface area (Å²) in [5.74, 6) is -0.413. The van der Waals surface area contributed by atoms with Crippen LogP contribution in [0.5, 0.6) is 0 Å². The van der Waals surface area contributed by atoms with Crippen LogP contribution in [-0.4, -0.2) is 99.5 Å². The number of ether oxygens (including phenoxy) is 1. The number of carbonyl (C=O) groups is 2. The van der Waals surface area contributed by atoms with E-state index in [9.17, 15) is 18.0 Å². The maximum atomic E-state index is 13.2. The number of amides is 2. The van der Waals surface area contributed by atoms with Crippen molar-refractivity contribution >= 4 is 54.9 Å². The standard InChI is InChI=1S/C24H31ClN4O5S2/c25-22-14-17-13-19(5-6-21(17)35-22)36(32,33)26-20-4-2-7-28(24(20)31)16-23(30)29-8-1-3-18(29)15-27-9-11-34-12-10-27/h5-6,13-14,18,20,26H,1-4,7-12,15-16H2. The second-order valence-electron chi connectivity index (χ2n) is 9.62. The van der Waals surface area contributed by atoms with Gasteiger partial charge >= 0.3 is 0 Å². The maximum Gasteiger partial charge on any atom is 0.242 e. The monoisotopic (exact) mass is 554 g/mol. The van der Waals surface area contributed by atoms with Crippen LogP contribution in [0, 0.1) is 0 Å². The molecule has 3 aliphatic heterocycles. The molecule has 12 heteroatoms. The van der Waals surface area contributed by atoms with E-state index in [0.29, 0.717) is 30.3 Å². The van der Waals surface area contributed by atoms with E-state index in [2.05, 4.69) is 9.62 Å². The number of fused-ring (bicyclic) bond motifs is 1. The van der Waals surface area contributed by atoms with Gasteiger partial charge < -0.3 is 14.5 Å². The van der Waals surface area contributed by atoms with Gasteiger partial charge in [0, 0.05) is 43.5 Å². The molecule has 1 aromatic heterocycles. The van der Waals surface area contributed by atoms with Crippen LogP contribution in [0.2, 0.25) is 4.34 Å². The number of morpholine rings is 1. The Morgan fingerprint density at radius 2 is 1.89 bits per heavy atom. The van der Waals surface area contributed by atoms with Crippen molar-refractivity contribution in [3.8, 4) is 0 Å². The van der Waals surface area contributed by atoms with E-state index in [1.807, 2.05) is 4.90 Å². The summed E-state index contributed by atoms with van der Waals surface area (Å²) in [6, 6.07) is 5.79. The molecule has 0 aliphatic carbocycles. The molecule has 196 valence electrons. The molecular formula is C24H31ClN4O5S2. The Morgan fingerprint density at radius 1 is 1.11 bits per heavy atom. The summed E-state index contributed by atoms with van der Waals surface area (Å²) >= 11 is 7.43. The molecule has 3 saturated heterocycles. The summed E-state index contributed by atoms with van der Waals surface area (Å²) < 4.78 is 35.6. The van der Waals surface area contributed by atoms with Crippen molar-refractivity contribution in [2.24, 2.45) is 0 Å². The fourth-order valence-corrected chi connectivity index (χ4v) is 7.70. The first-order valence-corrected chi connectivity index (χ1v) is 15.1. The quantitative estimate of drug-likeness (QED) is 0.563. The lowest BCUT2D eigenvalue weighted by Gasteiger charge is -2.36. The molecule has 1 N–H and O–H groups in total. The van der Waals surface area contributed by atoms with Crippen molar-refractivity contribution in [2.75, 3.05) is 52.5 Å². The molecule has 2 amide bonds. The molecule has 0 radical (unpaired) electrons. The Kier molecular flexibility index (Phi) is 7.85. The highest BCUT2D eigenvalue weighted by Gasteiger charge is 2.36. The van der Waals surface area contributed by atoms with E-state index in [-0.39, 0.29) is 29.3 Å². The van der Waals surface area contributed by atoms with Gasteiger partial charge in [-0.1, -0.05) is 11.6 Å². The van der Waals surface area contributed by atoms with Gasteiger partial charge in [-0.3, -0.25) is 14.5 Å². The normalized spacial score (nSPS) is 24.1. The number of rotatable bonds is 7. The number of carbonyl (C=O) groups excluding carboxylic acids is 2. The van der Waals surface area contributed by atoms with Gasteiger partial charge in [0.1, 0.15) is 6.04 Å². The van der Waals surface area contributed by atoms with Crippen molar-refractivity contribution in [3.63, 3.8) is 0 Å². The molecule has 0 spiro atoms. The van der Waals surface area contributed by atoms with Crippen LogP contribution in [0.25, 0.3) is 10.1 Å². The van der Waals surface area contributed by atoms with Crippen LogP contribution in [0.1, 0.15) is 25.7 Å². The Balaban J connectivity index is 1.21. The zero-order valence-corrected chi connectivity index (χ0v) is 22.4. The van der Waals surface area contributed by atoms with Crippen molar-refractivity contribution in [3.05, 3.63) is 28.6 Å². The minimum atomic E-state index is -3.91. The van der Waals surface area contributed by atoms with Crippen LogP contribution < -0.4 is 4.72 Å².